The predicted octanol–water partition coefficient (Wildman–Crippen LogP) is 6.38. The summed E-state index contributed by atoms with van der Waals surface area (Å²) in [7, 11) is 0. The lowest BCUT2D eigenvalue weighted by Gasteiger charge is -2.40. The van der Waals surface area contributed by atoms with E-state index < -0.39 is 0 Å². The Morgan fingerprint density at radius 1 is 0.846 bits per heavy atom. The highest BCUT2D eigenvalue weighted by Gasteiger charge is 2.42. The number of rotatable bonds is 3. The second-order valence-corrected chi connectivity index (χ2v) is 9.09. The van der Waals surface area contributed by atoms with Crippen LogP contribution >= 0.6 is 11.6 Å². The van der Waals surface area contributed by atoms with Gasteiger partial charge in [0.25, 0.3) is 0 Å². The lowest BCUT2D eigenvalue weighted by atomic mass is 9.83. The third kappa shape index (κ3) is 3.10. The average Bonchev–Trinajstić information content (AvgIpc) is 3.32. The third-order valence-corrected chi connectivity index (χ3v) is 7.47. The van der Waals surface area contributed by atoms with E-state index >= 15 is 0 Å². The van der Waals surface area contributed by atoms with E-state index in [1.165, 1.54) is 68.3 Å². The maximum atomic E-state index is 6.25. The largest absolute Gasteiger partial charge is 0.300 e. The van der Waals surface area contributed by atoms with Crippen molar-refractivity contribution in [3.63, 3.8) is 0 Å². The zero-order valence-electron chi connectivity index (χ0n) is 15.4. The van der Waals surface area contributed by atoms with Crippen LogP contribution in [0.5, 0.6) is 0 Å². The summed E-state index contributed by atoms with van der Waals surface area (Å²) in [6.45, 7) is 2.56. The quantitative estimate of drug-likeness (QED) is 0.610. The number of hydrogen-bond acceptors (Lipinski definition) is 1. The molecular formula is C24H28ClN. The van der Waals surface area contributed by atoms with Gasteiger partial charge in [0, 0.05) is 11.1 Å². The molecule has 3 fully saturated rings. The zero-order valence-corrected chi connectivity index (χ0v) is 16.2. The van der Waals surface area contributed by atoms with E-state index in [1.54, 1.807) is 0 Å². The van der Waals surface area contributed by atoms with Crippen LogP contribution < -0.4 is 0 Å². The molecule has 2 heteroatoms. The fourth-order valence-corrected chi connectivity index (χ4v) is 6.16. The minimum absolute atomic E-state index is 0.681. The standard InChI is InChI=1S/C24H28ClN/c25-21-5-3-4-19(16-21)23-7-2-1-6-22(23)18-10-12-26(13-11-18)24-15-17-8-9-20(24)14-17/h1-7,16-18,20,24H,8-15H2/t17-,20-,24-/m0/s1. The minimum Gasteiger partial charge on any atom is -0.300 e. The Morgan fingerprint density at radius 2 is 1.69 bits per heavy atom. The van der Waals surface area contributed by atoms with Gasteiger partial charge in [0.15, 0.2) is 0 Å². The first-order chi connectivity index (χ1) is 12.8. The Bertz CT molecular complexity index is 777. The molecule has 1 aliphatic heterocycles. The summed E-state index contributed by atoms with van der Waals surface area (Å²) in [5, 5.41) is 0.823. The van der Waals surface area contributed by atoms with Crippen LogP contribution in [0.15, 0.2) is 48.5 Å². The molecule has 0 amide bonds. The van der Waals surface area contributed by atoms with Gasteiger partial charge in [-0.05, 0) is 91.8 Å². The van der Waals surface area contributed by atoms with Crippen molar-refractivity contribution in [3.05, 3.63) is 59.1 Å². The molecular weight excluding hydrogens is 338 g/mol. The molecule has 3 atom stereocenters. The van der Waals surface area contributed by atoms with Crippen LogP contribution in [0.2, 0.25) is 5.02 Å². The van der Waals surface area contributed by atoms with Gasteiger partial charge in [0.1, 0.15) is 0 Å². The van der Waals surface area contributed by atoms with E-state index in [0.717, 1.165) is 22.9 Å². The number of piperidine rings is 1. The average molecular weight is 366 g/mol. The molecule has 5 rings (SSSR count). The molecule has 3 aliphatic rings. The molecule has 26 heavy (non-hydrogen) atoms. The second kappa shape index (κ2) is 7.02. The van der Waals surface area contributed by atoms with E-state index in [1.807, 2.05) is 6.07 Å². The van der Waals surface area contributed by atoms with Crippen LogP contribution in [0.4, 0.5) is 0 Å². The summed E-state index contributed by atoms with van der Waals surface area (Å²) in [6.07, 6.45) is 8.59. The number of benzene rings is 2. The summed E-state index contributed by atoms with van der Waals surface area (Å²) in [6, 6.07) is 18.2. The topological polar surface area (TPSA) is 3.24 Å². The van der Waals surface area contributed by atoms with Crippen molar-refractivity contribution in [1.82, 2.24) is 4.90 Å². The van der Waals surface area contributed by atoms with Crippen molar-refractivity contribution in [2.24, 2.45) is 11.8 Å². The van der Waals surface area contributed by atoms with Crippen molar-refractivity contribution in [1.29, 1.82) is 0 Å². The highest BCUT2D eigenvalue weighted by atomic mass is 35.5. The SMILES string of the molecule is Clc1cccc(-c2ccccc2C2CCN([C@H]3C[C@H]4CC[C@H]3C4)CC2)c1. The van der Waals surface area contributed by atoms with Gasteiger partial charge in [-0.3, -0.25) is 0 Å². The molecule has 2 aromatic carbocycles. The Balaban J connectivity index is 1.33. The van der Waals surface area contributed by atoms with Crippen LogP contribution in [0.1, 0.15) is 50.0 Å². The van der Waals surface area contributed by atoms with Gasteiger partial charge in [-0.2, -0.15) is 0 Å². The molecule has 2 aliphatic carbocycles. The number of fused-ring (bicyclic) bond motifs is 2. The fourth-order valence-electron chi connectivity index (χ4n) is 5.97. The highest BCUT2D eigenvalue weighted by Crippen LogP contribution is 2.48. The molecule has 136 valence electrons. The minimum atomic E-state index is 0.681. The molecule has 2 saturated carbocycles. The zero-order chi connectivity index (χ0) is 17.5. The lowest BCUT2D eigenvalue weighted by Crippen LogP contribution is -2.43. The maximum Gasteiger partial charge on any atom is 0.0412 e. The molecule has 2 aromatic rings. The lowest BCUT2D eigenvalue weighted by molar-refractivity contribution is 0.111. The molecule has 1 nitrogen and oxygen atoms in total. The number of hydrogen-bond donors (Lipinski definition) is 0. The monoisotopic (exact) mass is 365 g/mol. The van der Waals surface area contributed by atoms with E-state index in [9.17, 15) is 0 Å². The van der Waals surface area contributed by atoms with E-state index in [-0.39, 0.29) is 0 Å². The van der Waals surface area contributed by atoms with Gasteiger partial charge in [-0.15, -0.1) is 0 Å². The number of likely N-dealkylation sites (tertiary alicyclic amines) is 1. The molecule has 0 spiro atoms. The van der Waals surface area contributed by atoms with Crippen LogP contribution in [0, 0.1) is 11.8 Å². The Kier molecular flexibility index (Phi) is 4.54. The first kappa shape index (κ1) is 16.8. The van der Waals surface area contributed by atoms with Crippen LogP contribution in [0.25, 0.3) is 11.1 Å². The highest BCUT2D eigenvalue weighted by molar-refractivity contribution is 6.30. The summed E-state index contributed by atoms with van der Waals surface area (Å²) >= 11 is 6.25. The van der Waals surface area contributed by atoms with Gasteiger partial charge in [0.2, 0.25) is 0 Å². The maximum absolute atomic E-state index is 6.25. The van der Waals surface area contributed by atoms with Crippen molar-refractivity contribution >= 4 is 11.6 Å². The second-order valence-electron chi connectivity index (χ2n) is 8.65. The summed E-state index contributed by atoms with van der Waals surface area (Å²) < 4.78 is 0. The Labute approximate surface area is 162 Å². The molecule has 0 radical (unpaired) electrons. The Hall–Kier alpha value is -1.31. The fraction of sp³-hybridized carbons (Fsp3) is 0.500. The van der Waals surface area contributed by atoms with Crippen LogP contribution in [0.3, 0.4) is 0 Å². The van der Waals surface area contributed by atoms with Gasteiger partial charge in [0.05, 0.1) is 0 Å². The number of halogens is 1. The molecule has 1 heterocycles. The smallest absolute Gasteiger partial charge is 0.0412 e. The normalized spacial score (nSPS) is 29.3. The first-order valence-electron chi connectivity index (χ1n) is 10.4. The summed E-state index contributed by atoms with van der Waals surface area (Å²) in [5.74, 6) is 2.74. The van der Waals surface area contributed by atoms with E-state index in [2.05, 4.69) is 47.4 Å². The van der Waals surface area contributed by atoms with E-state index in [0.29, 0.717) is 5.92 Å². The molecule has 0 unspecified atom stereocenters. The first-order valence-corrected chi connectivity index (χ1v) is 10.7. The predicted molar refractivity (Wildman–Crippen MR) is 110 cm³/mol. The van der Waals surface area contributed by atoms with Crippen LogP contribution in [-0.4, -0.2) is 24.0 Å². The molecule has 1 saturated heterocycles. The summed E-state index contributed by atoms with van der Waals surface area (Å²) in [5.41, 5.74) is 4.14. The van der Waals surface area contributed by atoms with Gasteiger partial charge < -0.3 is 4.90 Å². The third-order valence-electron chi connectivity index (χ3n) is 7.24. The van der Waals surface area contributed by atoms with Gasteiger partial charge >= 0.3 is 0 Å². The number of nitrogens with zero attached hydrogens (tertiary/aromatic N) is 1. The van der Waals surface area contributed by atoms with Crippen molar-refractivity contribution < 1.29 is 0 Å². The van der Waals surface area contributed by atoms with Crippen molar-refractivity contribution in [2.75, 3.05) is 13.1 Å². The molecule has 0 aromatic heterocycles. The molecule has 2 bridgehead atoms. The van der Waals surface area contributed by atoms with Crippen LogP contribution in [-0.2, 0) is 0 Å². The summed E-state index contributed by atoms with van der Waals surface area (Å²) in [4.78, 5) is 2.84. The van der Waals surface area contributed by atoms with Gasteiger partial charge in [-0.1, -0.05) is 54.4 Å². The van der Waals surface area contributed by atoms with Crippen molar-refractivity contribution in [2.45, 2.75) is 50.5 Å². The van der Waals surface area contributed by atoms with Crippen molar-refractivity contribution in [3.8, 4) is 11.1 Å². The van der Waals surface area contributed by atoms with E-state index in [4.69, 9.17) is 11.6 Å². The Morgan fingerprint density at radius 3 is 2.42 bits per heavy atom. The molecule has 0 N–H and O–H groups in total. The van der Waals surface area contributed by atoms with Gasteiger partial charge in [-0.25, -0.2) is 0 Å².